The average Bonchev–Trinajstić information content (AvgIpc) is 2.92. The van der Waals surface area contributed by atoms with Crippen LogP contribution >= 0.6 is 0 Å². The summed E-state index contributed by atoms with van der Waals surface area (Å²) in [6.45, 7) is 6.49. The summed E-state index contributed by atoms with van der Waals surface area (Å²) >= 11 is 0. The van der Waals surface area contributed by atoms with E-state index >= 15 is 0 Å². The minimum Gasteiger partial charge on any atom is -0.313 e. The number of hydrogen-bond donors (Lipinski definition) is 1. The third-order valence-electron chi connectivity index (χ3n) is 4.42. The molecule has 0 fully saturated rings. The highest BCUT2D eigenvalue weighted by Gasteiger charge is 2.26. The summed E-state index contributed by atoms with van der Waals surface area (Å²) in [5.41, 5.74) is 6.94. The van der Waals surface area contributed by atoms with Gasteiger partial charge < -0.3 is 5.32 Å². The Hall–Kier alpha value is -1.67. The first-order valence-electron chi connectivity index (χ1n) is 8.03. The van der Waals surface area contributed by atoms with Crippen molar-refractivity contribution in [2.24, 2.45) is 0 Å². The molecule has 0 aliphatic heterocycles. The molecule has 1 N–H and O–H groups in total. The topological polar surface area (TPSA) is 24.9 Å². The molecule has 0 spiro atoms. The first-order valence-corrected chi connectivity index (χ1v) is 8.03. The zero-order valence-electron chi connectivity index (χ0n) is 13.0. The maximum Gasteiger partial charge on any atom is 0.0510 e. The minimum atomic E-state index is 0.485. The molecule has 1 atom stereocenters. The molecule has 1 unspecified atom stereocenters. The molecule has 0 radical (unpaired) electrons. The van der Waals surface area contributed by atoms with Crippen molar-refractivity contribution in [3.63, 3.8) is 0 Å². The van der Waals surface area contributed by atoms with E-state index in [0.717, 1.165) is 19.5 Å². The lowest BCUT2D eigenvalue weighted by atomic mass is 9.91. The van der Waals surface area contributed by atoms with Crippen LogP contribution in [-0.4, -0.2) is 11.5 Å². The SMILES string of the molecule is CCCNCc1ccc(C2CCc3cccnc32)c(C)c1. The van der Waals surface area contributed by atoms with Crippen LogP contribution in [0.5, 0.6) is 0 Å². The lowest BCUT2D eigenvalue weighted by Gasteiger charge is -2.15. The summed E-state index contributed by atoms with van der Waals surface area (Å²) in [5.74, 6) is 0.485. The fraction of sp³-hybridized carbons (Fsp3) is 0.421. The maximum absolute atomic E-state index is 4.63. The van der Waals surface area contributed by atoms with E-state index in [1.165, 1.54) is 40.8 Å². The fourth-order valence-electron chi connectivity index (χ4n) is 3.36. The summed E-state index contributed by atoms with van der Waals surface area (Å²) in [4.78, 5) is 4.63. The Bertz CT molecular complexity index is 619. The highest BCUT2D eigenvalue weighted by Crippen LogP contribution is 2.37. The van der Waals surface area contributed by atoms with E-state index < -0.39 is 0 Å². The van der Waals surface area contributed by atoms with E-state index in [1.807, 2.05) is 6.20 Å². The van der Waals surface area contributed by atoms with Crippen LogP contribution in [0.4, 0.5) is 0 Å². The fourth-order valence-corrected chi connectivity index (χ4v) is 3.36. The molecular formula is C19H24N2. The maximum atomic E-state index is 4.63. The van der Waals surface area contributed by atoms with Gasteiger partial charge in [-0.2, -0.15) is 0 Å². The summed E-state index contributed by atoms with van der Waals surface area (Å²) in [6, 6.07) is 11.2. The highest BCUT2D eigenvalue weighted by atomic mass is 14.8. The molecule has 110 valence electrons. The molecule has 0 saturated heterocycles. The second kappa shape index (κ2) is 6.40. The zero-order chi connectivity index (χ0) is 14.7. The van der Waals surface area contributed by atoms with Crippen molar-refractivity contribution < 1.29 is 0 Å². The second-order valence-corrected chi connectivity index (χ2v) is 6.01. The standard InChI is InChI=1S/C19H24N2/c1-3-10-20-13-15-6-8-17(14(2)12-15)18-9-7-16-5-4-11-21-19(16)18/h4-6,8,11-12,18,20H,3,7,9-10,13H2,1-2H3. The lowest BCUT2D eigenvalue weighted by Crippen LogP contribution is -2.14. The van der Waals surface area contributed by atoms with Crippen molar-refractivity contribution >= 4 is 0 Å². The van der Waals surface area contributed by atoms with E-state index in [-0.39, 0.29) is 0 Å². The monoisotopic (exact) mass is 280 g/mol. The molecular weight excluding hydrogens is 256 g/mol. The number of nitrogens with one attached hydrogen (secondary N) is 1. The minimum absolute atomic E-state index is 0.485. The van der Waals surface area contributed by atoms with Crippen LogP contribution in [0.2, 0.25) is 0 Å². The number of benzene rings is 1. The smallest absolute Gasteiger partial charge is 0.0510 e. The van der Waals surface area contributed by atoms with E-state index in [0.29, 0.717) is 5.92 Å². The van der Waals surface area contributed by atoms with Gasteiger partial charge in [0.15, 0.2) is 0 Å². The predicted octanol–water partition coefficient (Wildman–Crippen LogP) is 3.97. The van der Waals surface area contributed by atoms with Gasteiger partial charge in [-0.1, -0.05) is 31.2 Å². The van der Waals surface area contributed by atoms with Gasteiger partial charge in [-0.05, 0) is 61.1 Å². The Balaban J connectivity index is 1.81. The van der Waals surface area contributed by atoms with Gasteiger partial charge in [0, 0.05) is 18.7 Å². The molecule has 21 heavy (non-hydrogen) atoms. The largest absolute Gasteiger partial charge is 0.313 e. The van der Waals surface area contributed by atoms with Gasteiger partial charge in [0.25, 0.3) is 0 Å². The van der Waals surface area contributed by atoms with Crippen LogP contribution in [0.3, 0.4) is 0 Å². The first kappa shape index (κ1) is 14.3. The van der Waals surface area contributed by atoms with Crippen molar-refractivity contribution in [1.82, 2.24) is 10.3 Å². The molecule has 0 bridgehead atoms. The molecule has 0 amide bonds. The van der Waals surface area contributed by atoms with E-state index in [2.05, 4.69) is 54.5 Å². The summed E-state index contributed by atoms with van der Waals surface area (Å²) in [7, 11) is 0. The molecule has 1 aliphatic rings. The molecule has 3 rings (SSSR count). The van der Waals surface area contributed by atoms with Crippen LogP contribution in [0, 0.1) is 6.92 Å². The van der Waals surface area contributed by atoms with E-state index in [9.17, 15) is 0 Å². The van der Waals surface area contributed by atoms with Gasteiger partial charge in [-0.15, -0.1) is 0 Å². The Labute approximate surface area is 127 Å². The van der Waals surface area contributed by atoms with E-state index in [1.54, 1.807) is 0 Å². The van der Waals surface area contributed by atoms with Crippen molar-refractivity contribution in [3.8, 4) is 0 Å². The number of nitrogens with zero attached hydrogens (tertiary/aromatic N) is 1. The van der Waals surface area contributed by atoms with Crippen molar-refractivity contribution in [3.05, 3.63) is 64.5 Å². The number of rotatable bonds is 5. The highest BCUT2D eigenvalue weighted by molar-refractivity contribution is 5.42. The van der Waals surface area contributed by atoms with Gasteiger partial charge >= 0.3 is 0 Å². The van der Waals surface area contributed by atoms with Crippen LogP contribution < -0.4 is 5.32 Å². The zero-order valence-corrected chi connectivity index (χ0v) is 13.0. The Morgan fingerprint density at radius 2 is 2.19 bits per heavy atom. The van der Waals surface area contributed by atoms with Gasteiger partial charge in [-0.25, -0.2) is 0 Å². The number of hydrogen-bond acceptors (Lipinski definition) is 2. The summed E-state index contributed by atoms with van der Waals surface area (Å²) < 4.78 is 0. The first-order chi connectivity index (χ1) is 10.3. The van der Waals surface area contributed by atoms with Crippen LogP contribution in [0.15, 0.2) is 36.5 Å². The van der Waals surface area contributed by atoms with Crippen molar-refractivity contribution in [2.75, 3.05) is 6.54 Å². The van der Waals surface area contributed by atoms with Crippen LogP contribution in [0.1, 0.15) is 53.6 Å². The van der Waals surface area contributed by atoms with Crippen molar-refractivity contribution in [1.29, 1.82) is 0 Å². The molecule has 1 aromatic carbocycles. The Morgan fingerprint density at radius 3 is 3.00 bits per heavy atom. The normalized spacial score (nSPS) is 17.0. The average molecular weight is 280 g/mol. The predicted molar refractivity (Wildman–Crippen MR) is 87.6 cm³/mol. The third kappa shape index (κ3) is 3.01. The quantitative estimate of drug-likeness (QED) is 0.838. The summed E-state index contributed by atoms with van der Waals surface area (Å²) in [6.07, 6.45) is 5.46. The summed E-state index contributed by atoms with van der Waals surface area (Å²) in [5, 5.41) is 3.47. The number of fused-ring (bicyclic) bond motifs is 1. The van der Waals surface area contributed by atoms with Gasteiger partial charge in [0.2, 0.25) is 0 Å². The Morgan fingerprint density at radius 1 is 1.29 bits per heavy atom. The van der Waals surface area contributed by atoms with Gasteiger partial charge in [0.05, 0.1) is 5.69 Å². The lowest BCUT2D eigenvalue weighted by molar-refractivity contribution is 0.674. The number of aromatic nitrogens is 1. The molecule has 0 saturated carbocycles. The third-order valence-corrected chi connectivity index (χ3v) is 4.42. The molecule has 2 heteroatoms. The molecule has 1 aromatic heterocycles. The van der Waals surface area contributed by atoms with E-state index in [4.69, 9.17) is 0 Å². The molecule has 1 aliphatic carbocycles. The molecule has 2 aromatic rings. The molecule has 1 heterocycles. The van der Waals surface area contributed by atoms with Gasteiger partial charge in [0.1, 0.15) is 0 Å². The van der Waals surface area contributed by atoms with Gasteiger partial charge in [-0.3, -0.25) is 4.98 Å². The Kier molecular flexibility index (Phi) is 4.35. The second-order valence-electron chi connectivity index (χ2n) is 6.01. The number of aryl methyl sites for hydroxylation is 2. The van der Waals surface area contributed by atoms with Crippen molar-refractivity contribution in [2.45, 2.75) is 45.6 Å². The molecule has 2 nitrogen and oxygen atoms in total. The number of pyridine rings is 1. The van der Waals surface area contributed by atoms with Crippen LogP contribution in [0.25, 0.3) is 0 Å². The van der Waals surface area contributed by atoms with Crippen LogP contribution in [-0.2, 0) is 13.0 Å².